The minimum Gasteiger partial charge on any atom is -0.491 e. The van der Waals surface area contributed by atoms with Crippen molar-refractivity contribution in [1.29, 1.82) is 0 Å². The van der Waals surface area contributed by atoms with Crippen LogP contribution < -0.4 is 10.2 Å². The van der Waals surface area contributed by atoms with E-state index >= 15 is 0 Å². The number of benzene rings is 1. The number of H-pyrrole nitrogens is 1. The predicted molar refractivity (Wildman–Crippen MR) is 85.4 cm³/mol. The Labute approximate surface area is 128 Å². The van der Waals surface area contributed by atoms with E-state index in [1.54, 1.807) is 23.1 Å². The molecule has 0 aliphatic carbocycles. The van der Waals surface area contributed by atoms with E-state index in [4.69, 9.17) is 4.74 Å². The van der Waals surface area contributed by atoms with Crippen LogP contribution in [0, 0.1) is 0 Å². The van der Waals surface area contributed by atoms with E-state index in [0.29, 0.717) is 5.82 Å². The number of nitrogens with one attached hydrogen (secondary N) is 1. The zero-order chi connectivity index (χ0) is 15.5. The topological polar surface area (TPSA) is 59.9 Å². The van der Waals surface area contributed by atoms with E-state index in [2.05, 4.69) is 10.1 Å². The SMILES string of the molecule is CC(C)Oc1ccc(-c2cc(=O)cc(-n3cccn3)[nH]2)cc1. The molecule has 2 heterocycles. The Kier molecular flexibility index (Phi) is 3.78. The van der Waals surface area contributed by atoms with E-state index in [0.717, 1.165) is 17.0 Å². The molecule has 0 spiro atoms. The lowest BCUT2D eigenvalue weighted by atomic mass is 10.1. The number of hydrogen-bond donors (Lipinski definition) is 1. The highest BCUT2D eigenvalue weighted by atomic mass is 16.5. The van der Waals surface area contributed by atoms with Crippen LogP contribution in [0.5, 0.6) is 5.75 Å². The molecule has 1 aromatic carbocycles. The van der Waals surface area contributed by atoms with Gasteiger partial charge in [0.15, 0.2) is 5.43 Å². The van der Waals surface area contributed by atoms with Crippen molar-refractivity contribution in [3.63, 3.8) is 0 Å². The molecule has 0 aliphatic heterocycles. The van der Waals surface area contributed by atoms with Crippen LogP contribution in [0.4, 0.5) is 0 Å². The summed E-state index contributed by atoms with van der Waals surface area (Å²) in [6.07, 6.45) is 3.59. The molecule has 0 atom stereocenters. The van der Waals surface area contributed by atoms with Gasteiger partial charge >= 0.3 is 0 Å². The van der Waals surface area contributed by atoms with Crippen molar-refractivity contribution in [2.24, 2.45) is 0 Å². The second-order valence-electron chi connectivity index (χ2n) is 5.26. The predicted octanol–water partition coefficient (Wildman–Crippen LogP) is 3.01. The Bertz CT molecular complexity index is 803. The maximum atomic E-state index is 11.9. The van der Waals surface area contributed by atoms with Gasteiger partial charge in [-0.25, -0.2) is 4.68 Å². The number of aromatic nitrogens is 3. The lowest BCUT2D eigenvalue weighted by molar-refractivity contribution is 0.242. The minimum atomic E-state index is -0.0678. The number of hydrogen-bond acceptors (Lipinski definition) is 3. The van der Waals surface area contributed by atoms with E-state index in [9.17, 15) is 4.79 Å². The lowest BCUT2D eigenvalue weighted by Gasteiger charge is -2.10. The molecule has 112 valence electrons. The summed E-state index contributed by atoms with van der Waals surface area (Å²) in [5.74, 6) is 1.44. The molecule has 0 bridgehead atoms. The smallest absolute Gasteiger partial charge is 0.184 e. The fourth-order valence-electron chi connectivity index (χ4n) is 2.20. The molecule has 3 rings (SSSR count). The molecule has 0 amide bonds. The van der Waals surface area contributed by atoms with Gasteiger partial charge in [0.25, 0.3) is 0 Å². The number of aromatic amines is 1. The molecule has 2 aromatic heterocycles. The first-order valence-corrected chi connectivity index (χ1v) is 7.13. The fraction of sp³-hybridized carbons (Fsp3) is 0.176. The van der Waals surface area contributed by atoms with Crippen molar-refractivity contribution in [3.05, 3.63) is 65.1 Å². The van der Waals surface area contributed by atoms with Gasteiger partial charge < -0.3 is 9.72 Å². The average Bonchev–Trinajstić information content (AvgIpc) is 3.01. The first-order valence-electron chi connectivity index (χ1n) is 7.13. The molecule has 0 unspecified atom stereocenters. The molecule has 1 N–H and O–H groups in total. The first-order chi connectivity index (χ1) is 10.6. The van der Waals surface area contributed by atoms with Gasteiger partial charge in [0, 0.05) is 24.5 Å². The zero-order valence-electron chi connectivity index (χ0n) is 12.5. The average molecular weight is 295 g/mol. The van der Waals surface area contributed by atoms with Crippen molar-refractivity contribution in [2.75, 3.05) is 0 Å². The molecule has 5 nitrogen and oxygen atoms in total. The standard InChI is InChI=1S/C17H17N3O2/c1-12(2)22-15-6-4-13(5-7-15)16-10-14(21)11-17(19-16)20-9-3-8-18-20/h3-12H,1-2H3,(H,19,21). The highest BCUT2D eigenvalue weighted by Gasteiger charge is 2.05. The monoisotopic (exact) mass is 295 g/mol. The number of ether oxygens (including phenoxy) is 1. The van der Waals surface area contributed by atoms with Crippen LogP contribution >= 0.6 is 0 Å². The van der Waals surface area contributed by atoms with Gasteiger partial charge in [-0.1, -0.05) is 0 Å². The summed E-state index contributed by atoms with van der Waals surface area (Å²) in [6, 6.07) is 12.6. The number of nitrogens with zero attached hydrogens (tertiary/aromatic N) is 2. The Morgan fingerprint density at radius 1 is 1.18 bits per heavy atom. The number of rotatable bonds is 4. The van der Waals surface area contributed by atoms with Gasteiger partial charge in [0.2, 0.25) is 0 Å². The third-order valence-electron chi connectivity index (χ3n) is 3.12. The Balaban J connectivity index is 1.96. The highest BCUT2D eigenvalue weighted by molar-refractivity contribution is 5.61. The summed E-state index contributed by atoms with van der Waals surface area (Å²) in [5, 5.41) is 4.14. The summed E-state index contributed by atoms with van der Waals surface area (Å²) in [7, 11) is 0. The van der Waals surface area contributed by atoms with Crippen LogP contribution in [0.1, 0.15) is 13.8 Å². The molecule has 0 saturated carbocycles. The maximum absolute atomic E-state index is 11.9. The van der Waals surface area contributed by atoms with Crippen LogP contribution in [0.25, 0.3) is 17.1 Å². The van der Waals surface area contributed by atoms with Crippen LogP contribution in [0.2, 0.25) is 0 Å². The van der Waals surface area contributed by atoms with Gasteiger partial charge in [0.05, 0.1) is 11.8 Å². The molecular weight excluding hydrogens is 278 g/mol. The van der Waals surface area contributed by atoms with Crippen molar-refractivity contribution < 1.29 is 4.74 Å². The third kappa shape index (κ3) is 3.09. The van der Waals surface area contributed by atoms with E-state index in [-0.39, 0.29) is 11.5 Å². The van der Waals surface area contributed by atoms with Gasteiger partial charge in [0.1, 0.15) is 11.6 Å². The molecule has 0 aliphatic rings. The molecule has 22 heavy (non-hydrogen) atoms. The van der Waals surface area contributed by atoms with Crippen molar-refractivity contribution in [3.8, 4) is 22.8 Å². The third-order valence-corrected chi connectivity index (χ3v) is 3.12. The van der Waals surface area contributed by atoms with Crippen molar-refractivity contribution in [2.45, 2.75) is 20.0 Å². The highest BCUT2D eigenvalue weighted by Crippen LogP contribution is 2.21. The lowest BCUT2D eigenvalue weighted by Crippen LogP contribution is -2.07. The van der Waals surface area contributed by atoms with Crippen molar-refractivity contribution >= 4 is 0 Å². The second kappa shape index (κ2) is 5.89. The van der Waals surface area contributed by atoms with Crippen LogP contribution in [0.15, 0.2) is 59.7 Å². The summed E-state index contributed by atoms with van der Waals surface area (Å²) in [6.45, 7) is 3.97. The summed E-state index contributed by atoms with van der Waals surface area (Å²) < 4.78 is 7.25. The summed E-state index contributed by atoms with van der Waals surface area (Å²) in [5.41, 5.74) is 1.60. The van der Waals surface area contributed by atoms with E-state index < -0.39 is 0 Å². The second-order valence-corrected chi connectivity index (χ2v) is 5.26. The van der Waals surface area contributed by atoms with E-state index in [1.807, 2.05) is 44.2 Å². The number of pyridine rings is 1. The van der Waals surface area contributed by atoms with Crippen LogP contribution in [-0.2, 0) is 0 Å². The fourth-order valence-corrected chi connectivity index (χ4v) is 2.20. The molecule has 0 fully saturated rings. The van der Waals surface area contributed by atoms with Crippen molar-refractivity contribution in [1.82, 2.24) is 14.8 Å². The maximum Gasteiger partial charge on any atom is 0.184 e. The van der Waals surface area contributed by atoms with E-state index in [1.165, 1.54) is 6.07 Å². The molecule has 3 aromatic rings. The van der Waals surface area contributed by atoms with Crippen LogP contribution in [-0.4, -0.2) is 20.9 Å². The van der Waals surface area contributed by atoms with Gasteiger partial charge in [-0.05, 0) is 49.7 Å². The van der Waals surface area contributed by atoms with Gasteiger partial charge in [-0.3, -0.25) is 4.79 Å². The Hall–Kier alpha value is -2.82. The Morgan fingerprint density at radius 2 is 1.95 bits per heavy atom. The zero-order valence-corrected chi connectivity index (χ0v) is 12.5. The normalized spacial score (nSPS) is 10.9. The summed E-state index contributed by atoms with van der Waals surface area (Å²) in [4.78, 5) is 15.1. The largest absolute Gasteiger partial charge is 0.491 e. The quantitative estimate of drug-likeness (QED) is 0.805. The molecular formula is C17H17N3O2. The van der Waals surface area contributed by atoms with Gasteiger partial charge in [-0.15, -0.1) is 0 Å². The first kappa shape index (κ1) is 14.1. The molecule has 0 radical (unpaired) electrons. The van der Waals surface area contributed by atoms with Gasteiger partial charge in [-0.2, -0.15) is 5.10 Å². The van der Waals surface area contributed by atoms with Crippen LogP contribution in [0.3, 0.4) is 0 Å². The molecule has 0 saturated heterocycles. The molecule has 5 heteroatoms. The minimum absolute atomic E-state index is 0.0678. The Morgan fingerprint density at radius 3 is 2.59 bits per heavy atom. The summed E-state index contributed by atoms with van der Waals surface area (Å²) >= 11 is 0.